The number of thioether (sulfide) groups is 1. The van der Waals surface area contributed by atoms with Crippen LogP contribution in [0.25, 0.3) is 22.3 Å². The highest BCUT2D eigenvalue weighted by atomic mass is 32.2. The molecule has 1 saturated carbocycles. The summed E-state index contributed by atoms with van der Waals surface area (Å²) in [5.74, 6) is 2.03. The molecule has 0 amide bonds. The molecular formula is C15H16N4S. The van der Waals surface area contributed by atoms with Gasteiger partial charge in [0.05, 0.1) is 0 Å². The smallest absolute Gasteiger partial charge is 0.191 e. The van der Waals surface area contributed by atoms with Gasteiger partial charge in [0.25, 0.3) is 0 Å². The first-order chi connectivity index (χ1) is 9.88. The predicted octanol–water partition coefficient (Wildman–Crippen LogP) is 3.87. The summed E-state index contributed by atoms with van der Waals surface area (Å²) in [5, 5.41) is 11.1. The highest BCUT2D eigenvalue weighted by Crippen LogP contribution is 2.42. The molecule has 1 N–H and O–H groups in total. The summed E-state index contributed by atoms with van der Waals surface area (Å²) < 4.78 is 2.32. The molecule has 0 radical (unpaired) electrons. The second-order valence-corrected chi connectivity index (χ2v) is 6.32. The third-order valence-corrected chi connectivity index (χ3v) is 4.51. The van der Waals surface area contributed by atoms with Gasteiger partial charge in [-0.2, -0.15) is 0 Å². The molecule has 5 heteroatoms. The van der Waals surface area contributed by atoms with Crippen molar-refractivity contribution in [1.29, 1.82) is 0 Å². The normalized spacial score (nSPS) is 15.1. The lowest BCUT2D eigenvalue weighted by Crippen LogP contribution is -1.99. The zero-order chi connectivity index (χ0) is 13.5. The summed E-state index contributed by atoms with van der Waals surface area (Å²) in [6.07, 6.45) is 4.53. The van der Waals surface area contributed by atoms with E-state index in [4.69, 9.17) is 0 Å². The Morgan fingerprint density at radius 2 is 2.15 bits per heavy atom. The average molecular weight is 284 g/mol. The van der Waals surface area contributed by atoms with Gasteiger partial charge in [0, 0.05) is 28.7 Å². The molecule has 102 valence electrons. The molecule has 20 heavy (non-hydrogen) atoms. The molecule has 0 bridgehead atoms. The van der Waals surface area contributed by atoms with Gasteiger partial charge in [-0.25, -0.2) is 0 Å². The van der Waals surface area contributed by atoms with Crippen LogP contribution in [0.1, 0.15) is 25.8 Å². The Morgan fingerprint density at radius 1 is 1.30 bits per heavy atom. The van der Waals surface area contributed by atoms with Crippen molar-refractivity contribution in [3.8, 4) is 11.4 Å². The van der Waals surface area contributed by atoms with E-state index >= 15 is 0 Å². The molecule has 4 rings (SSSR count). The van der Waals surface area contributed by atoms with Crippen molar-refractivity contribution in [2.24, 2.45) is 0 Å². The maximum atomic E-state index is 4.46. The minimum Gasteiger partial charge on any atom is -0.360 e. The zero-order valence-corrected chi connectivity index (χ0v) is 12.2. The van der Waals surface area contributed by atoms with Crippen LogP contribution in [0.5, 0.6) is 0 Å². The quantitative estimate of drug-likeness (QED) is 0.740. The van der Waals surface area contributed by atoms with Crippen LogP contribution >= 0.6 is 11.8 Å². The number of aromatic nitrogens is 4. The van der Waals surface area contributed by atoms with Crippen molar-refractivity contribution in [2.75, 3.05) is 5.75 Å². The topological polar surface area (TPSA) is 46.5 Å². The van der Waals surface area contributed by atoms with Gasteiger partial charge < -0.3 is 4.98 Å². The van der Waals surface area contributed by atoms with Gasteiger partial charge in [-0.1, -0.05) is 36.9 Å². The molecule has 0 spiro atoms. The molecule has 1 aliphatic carbocycles. The first-order valence-electron chi connectivity index (χ1n) is 7.02. The third-order valence-electron chi connectivity index (χ3n) is 3.68. The SMILES string of the molecule is CCSc1nnc(-c2c[nH]c3ccccc23)n1C1CC1. The molecule has 1 fully saturated rings. The number of rotatable bonds is 4. The maximum absolute atomic E-state index is 4.46. The Labute approximate surface area is 121 Å². The van der Waals surface area contributed by atoms with Crippen molar-refractivity contribution >= 4 is 22.7 Å². The Hall–Kier alpha value is -1.75. The second-order valence-electron chi connectivity index (χ2n) is 5.09. The van der Waals surface area contributed by atoms with Gasteiger partial charge in [0.1, 0.15) is 0 Å². The number of para-hydroxylation sites is 1. The van der Waals surface area contributed by atoms with Crippen molar-refractivity contribution in [3.05, 3.63) is 30.5 Å². The molecule has 4 nitrogen and oxygen atoms in total. The average Bonchev–Trinajstić information content (AvgIpc) is 3.09. The van der Waals surface area contributed by atoms with Gasteiger partial charge in [-0.15, -0.1) is 10.2 Å². The van der Waals surface area contributed by atoms with Crippen LogP contribution in [-0.4, -0.2) is 25.5 Å². The Bertz CT molecular complexity index is 754. The molecule has 3 aromatic rings. The lowest BCUT2D eigenvalue weighted by Gasteiger charge is -2.07. The fraction of sp³-hybridized carbons (Fsp3) is 0.333. The number of fused-ring (bicyclic) bond motifs is 1. The highest BCUT2D eigenvalue weighted by molar-refractivity contribution is 7.99. The highest BCUT2D eigenvalue weighted by Gasteiger charge is 2.30. The van der Waals surface area contributed by atoms with Crippen molar-refractivity contribution in [1.82, 2.24) is 19.7 Å². The summed E-state index contributed by atoms with van der Waals surface area (Å²) in [4.78, 5) is 3.33. The van der Waals surface area contributed by atoms with E-state index in [1.54, 1.807) is 11.8 Å². The van der Waals surface area contributed by atoms with Crippen molar-refractivity contribution in [2.45, 2.75) is 31.0 Å². The first kappa shape index (κ1) is 12.0. The Kier molecular flexibility index (Phi) is 2.80. The minimum absolute atomic E-state index is 0.586. The van der Waals surface area contributed by atoms with E-state index in [-0.39, 0.29) is 0 Å². The van der Waals surface area contributed by atoms with Gasteiger partial charge >= 0.3 is 0 Å². The van der Waals surface area contributed by atoms with Gasteiger partial charge in [-0.3, -0.25) is 4.57 Å². The van der Waals surface area contributed by atoms with Gasteiger partial charge in [0.15, 0.2) is 11.0 Å². The van der Waals surface area contributed by atoms with E-state index in [0.29, 0.717) is 6.04 Å². The maximum Gasteiger partial charge on any atom is 0.191 e. The summed E-state index contributed by atoms with van der Waals surface area (Å²) in [6.45, 7) is 2.15. The van der Waals surface area contributed by atoms with E-state index < -0.39 is 0 Å². The number of nitrogens with zero attached hydrogens (tertiary/aromatic N) is 3. The molecule has 1 aromatic carbocycles. The van der Waals surface area contributed by atoms with Crippen molar-refractivity contribution < 1.29 is 0 Å². The number of hydrogen-bond donors (Lipinski definition) is 1. The largest absolute Gasteiger partial charge is 0.360 e. The summed E-state index contributed by atoms with van der Waals surface area (Å²) in [6, 6.07) is 8.94. The van der Waals surface area contributed by atoms with Crippen LogP contribution in [0.3, 0.4) is 0 Å². The molecule has 0 atom stereocenters. The summed E-state index contributed by atoms with van der Waals surface area (Å²) in [5.41, 5.74) is 2.31. The van der Waals surface area contributed by atoms with Crippen LogP contribution in [0.2, 0.25) is 0 Å². The van der Waals surface area contributed by atoms with Gasteiger partial charge in [-0.05, 0) is 24.7 Å². The Morgan fingerprint density at radius 3 is 2.95 bits per heavy atom. The van der Waals surface area contributed by atoms with Crippen LogP contribution in [0.15, 0.2) is 35.6 Å². The lowest BCUT2D eigenvalue weighted by molar-refractivity contribution is 0.670. The summed E-state index contributed by atoms with van der Waals surface area (Å²) in [7, 11) is 0. The fourth-order valence-corrected chi connectivity index (χ4v) is 3.34. The lowest BCUT2D eigenvalue weighted by atomic mass is 10.1. The van der Waals surface area contributed by atoms with Crippen LogP contribution in [0, 0.1) is 0 Å². The minimum atomic E-state index is 0.586. The molecule has 0 unspecified atom stereocenters. The third kappa shape index (κ3) is 1.85. The van der Waals surface area contributed by atoms with E-state index in [1.165, 1.54) is 18.2 Å². The van der Waals surface area contributed by atoms with Crippen LogP contribution in [-0.2, 0) is 0 Å². The summed E-state index contributed by atoms with van der Waals surface area (Å²) >= 11 is 1.77. The van der Waals surface area contributed by atoms with Gasteiger partial charge in [0.2, 0.25) is 0 Å². The first-order valence-corrected chi connectivity index (χ1v) is 8.01. The zero-order valence-electron chi connectivity index (χ0n) is 11.3. The van der Waals surface area contributed by atoms with E-state index in [0.717, 1.165) is 27.8 Å². The van der Waals surface area contributed by atoms with Crippen LogP contribution < -0.4 is 0 Å². The standard InChI is InChI=1S/C15H16N4S/c1-2-20-15-18-17-14(19(15)10-7-8-10)12-9-16-13-6-4-3-5-11(12)13/h3-6,9-10,16H,2,7-8H2,1H3. The molecule has 0 aliphatic heterocycles. The fourth-order valence-electron chi connectivity index (χ4n) is 2.61. The number of H-pyrrole nitrogens is 1. The Balaban J connectivity index is 1.89. The van der Waals surface area contributed by atoms with E-state index in [2.05, 4.69) is 44.9 Å². The number of nitrogens with one attached hydrogen (secondary N) is 1. The van der Waals surface area contributed by atoms with Crippen LogP contribution in [0.4, 0.5) is 0 Å². The predicted molar refractivity (Wildman–Crippen MR) is 82.0 cm³/mol. The number of aromatic amines is 1. The molecule has 2 aromatic heterocycles. The monoisotopic (exact) mass is 284 g/mol. The number of hydrogen-bond acceptors (Lipinski definition) is 3. The van der Waals surface area contributed by atoms with E-state index in [9.17, 15) is 0 Å². The van der Waals surface area contributed by atoms with E-state index in [1.807, 2.05) is 12.3 Å². The van der Waals surface area contributed by atoms with Crippen molar-refractivity contribution in [3.63, 3.8) is 0 Å². The second kappa shape index (κ2) is 4.66. The number of benzene rings is 1. The molecule has 2 heterocycles. The molecule has 1 aliphatic rings. The molecular weight excluding hydrogens is 268 g/mol. The molecule has 0 saturated heterocycles.